The van der Waals surface area contributed by atoms with Crippen LogP contribution in [0.1, 0.15) is 22.3 Å². The first-order valence-corrected chi connectivity index (χ1v) is 8.76. The van der Waals surface area contributed by atoms with Crippen LogP contribution in [0.4, 0.5) is 21.6 Å². The number of carbonyl (C=O) groups excluding carboxylic acids is 1. The minimum atomic E-state index is -0.348. The molecule has 0 unspecified atom stereocenters. The fraction of sp³-hybridized carbons (Fsp3) is 0.182. The van der Waals surface area contributed by atoms with Crippen molar-refractivity contribution in [1.82, 2.24) is 4.98 Å². The van der Waals surface area contributed by atoms with Gasteiger partial charge >= 0.3 is 0 Å². The second-order valence-electron chi connectivity index (χ2n) is 6.69. The summed E-state index contributed by atoms with van der Waals surface area (Å²) in [7, 11) is 0. The van der Waals surface area contributed by atoms with Gasteiger partial charge in [0.05, 0.1) is 18.3 Å². The van der Waals surface area contributed by atoms with Crippen molar-refractivity contribution in [2.75, 3.05) is 10.6 Å². The third kappa shape index (κ3) is 4.91. The third-order valence-electron chi connectivity index (χ3n) is 4.23. The number of benzene rings is 2. The molecule has 0 spiro atoms. The van der Waals surface area contributed by atoms with Gasteiger partial charge in [0.1, 0.15) is 11.6 Å². The van der Waals surface area contributed by atoms with E-state index in [1.165, 1.54) is 17.7 Å². The van der Waals surface area contributed by atoms with Crippen molar-refractivity contribution < 1.29 is 9.18 Å². The number of aryl methyl sites for hydroxylation is 3. The molecular weight excluding hydrogens is 341 g/mol. The fourth-order valence-corrected chi connectivity index (χ4v) is 3.08. The highest BCUT2D eigenvalue weighted by atomic mass is 19.1. The number of halogens is 1. The maximum atomic E-state index is 13.2. The summed E-state index contributed by atoms with van der Waals surface area (Å²) in [5.74, 6) is 0.139. The minimum Gasteiger partial charge on any atom is -0.340 e. The standard InChI is InChI=1S/C22H22FN3O/c1-14-9-15(2)22(16(3)10-14)26-20-8-7-19(13-24-20)25-21(27)12-17-5-4-6-18(23)11-17/h4-11,13H,12H2,1-3H3,(H,24,26)(H,25,27). The Morgan fingerprint density at radius 1 is 1.04 bits per heavy atom. The molecule has 3 rings (SSSR count). The first-order chi connectivity index (χ1) is 12.9. The van der Waals surface area contributed by atoms with Crippen LogP contribution in [0.2, 0.25) is 0 Å². The predicted molar refractivity (Wildman–Crippen MR) is 107 cm³/mol. The SMILES string of the molecule is Cc1cc(C)c(Nc2ccc(NC(=O)Cc3cccc(F)c3)cn2)c(C)c1. The molecule has 2 N–H and O–H groups in total. The number of aromatic nitrogens is 1. The molecule has 1 aromatic heterocycles. The van der Waals surface area contributed by atoms with Crippen LogP contribution in [0.15, 0.2) is 54.7 Å². The molecule has 0 aliphatic heterocycles. The number of nitrogens with one attached hydrogen (secondary N) is 2. The summed E-state index contributed by atoms with van der Waals surface area (Å²) >= 11 is 0. The van der Waals surface area contributed by atoms with Crippen LogP contribution in [0.25, 0.3) is 0 Å². The summed E-state index contributed by atoms with van der Waals surface area (Å²) in [5, 5.41) is 6.11. The number of rotatable bonds is 5. The largest absolute Gasteiger partial charge is 0.340 e. The van der Waals surface area contributed by atoms with E-state index in [1.54, 1.807) is 24.4 Å². The fourth-order valence-electron chi connectivity index (χ4n) is 3.08. The Morgan fingerprint density at radius 3 is 2.41 bits per heavy atom. The Hall–Kier alpha value is -3.21. The minimum absolute atomic E-state index is 0.111. The Morgan fingerprint density at radius 2 is 1.78 bits per heavy atom. The van der Waals surface area contributed by atoms with Gasteiger partial charge in [-0.2, -0.15) is 0 Å². The Bertz CT molecular complexity index is 945. The molecule has 0 saturated carbocycles. The Labute approximate surface area is 158 Å². The average molecular weight is 363 g/mol. The van der Waals surface area contributed by atoms with Crippen LogP contribution in [-0.4, -0.2) is 10.9 Å². The molecule has 1 amide bonds. The van der Waals surface area contributed by atoms with Gasteiger partial charge in [0.25, 0.3) is 0 Å². The van der Waals surface area contributed by atoms with Gasteiger partial charge in [-0.3, -0.25) is 4.79 Å². The molecule has 27 heavy (non-hydrogen) atoms. The number of amides is 1. The lowest BCUT2D eigenvalue weighted by Gasteiger charge is -2.13. The van der Waals surface area contributed by atoms with Crippen molar-refractivity contribution in [2.45, 2.75) is 27.2 Å². The molecule has 0 atom stereocenters. The summed E-state index contributed by atoms with van der Waals surface area (Å²) in [6.07, 6.45) is 1.71. The lowest BCUT2D eigenvalue weighted by atomic mass is 10.1. The molecule has 2 aromatic carbocycles. The topological polar surface area (TPSA) is 54.0 Å². The molecule has 0 aliphatic carbocycles. The number of nitrogens with zero attached hydrogens (tertiary/aromatic N) is 1. The number of hydrogen-bond acceptors (Lipinski definition) is 3. The second-order valence-corrected chi connectivity index (χ2v) is 6.69. The van der Waals surface area contributed by atoms with E-state index in [0.717, 1.165) is 16.8 Å². The first-order valence-electron chi connectivity index (χ1n) is 8.76. The van der Waals surface area contributed by atoms with Gasteiger partial charge in [-0.15, -0.1) is 0 Å². The smallest absolute Gasteiger partial charge is 0.228 e. The molecule has 0 aliphatic rings. The lowest BCUT2D eigenvalue weighted by molar-refractivity contribution is -0.115. The van der Waals surface area contributed by atoms with Crippen LogP contribution in [0.3, 0.4) is 0 Å². The monoisotopic (exact) mass is 363 g/mol. The van der Waals surface area contributed by atoms with Gasteiger partial charge in [-0.1, -0.05) is 29.8 Å². The Balaban J connectivity index is 1.64. The zero-order chi connectivity index (χ0) is 19.4. The van der Waals surface area contributed by atoms with Gasteiger partial charge in [-0.25, -0.2) is 9.37 Å². The molecule has 3 aromatic rings. The molecule has 1 heterocycles. The maximum absolute atomic E-state index is 13.2. The van der Waals surface area contributed by atoms with Crippen molar-refractivity contribution in [1.29, 1.82) is 0 Å². The maximum Gasteiger partial charge on any atom is 0.228 e. The summed E-state index contributed by atoms with van der Waals surface area (Å²) in [6, 6.07) is 13.9. The van der Waals surface area contributed by atoms with Crippen molar-refractivity contribution >= 4 is 23.1 Å². The lowest BCUT2D eigenvalue weighted by Crippen LogP contribution is -2.14. The zero-order valence-electron chi connectivity index (χ0n) is 15.6. The number of pyridine rings is 1. The number of hydrogen-bond donors (Lipinski definition) is 2. The molecule has 0 radical (unpaired) electrons. The highest BCUT2D eigenvalue weighted by Crippen LogP contribution is 2.25. The third-order valence-corrected chi connectivity index (χ3v) is 4.23. The van der Waals surface area contributed by atoms with Gasteiger partial charge in [0.2, 0.25) is 5.91 Å². The van der Waals surface area contributed by atoms with E-state index in [1.807, 2.05) is 6.07 Å². The highest BCUT2D eigenvalue weighted by molar-refractivity contribution is 5.92. The molecule has 0 saturated heterocycles. The normalized spacial score (nSPS) is 10.5. The second kappa shape index (κ2) is 7.99. The van der Waals surface area contributed by atoms with Crippen molar-refractivity contribution in [3.63, 3.8) is 0 Å². The zero-order valence-corrected chi connectivity index (χ0v) is 15.6. The summed E-state index contributed by atoms with van der Waals surface area (Å²) in [5.41, 5.74) is 5.79. The van der Waals surface area contributed by atoms with Crippen LogP contribution in [0, 0.1) is 26.6 Å². The molecule has 0 fully saturated rings. The van der Waals surface area contributed by atoms with E-state index in [-0.39, 0.29) is 18.1 Å². The molecule has 0 bridgehead atoms. The molecule has 4 nitrogen and oxygen atoms in total. The van der Waals surface area contributed by atoms with E-state index in [9.17, 15) is 9.18 Å². The van der Waals surface area contributed by atoms with Crippen molar-refractivity contribution in [3.8, 4) is 0 Å². The van der Waals surface area contributed by atoms with Crippen LogP contribution in [-0.2, 0) is 11.2 Å². The van der Waals surface area contributed by atoms with E-state index in [4.69, 9.17) is 0 Å². The molecular formula is C22H22FN3O. The molecule has 5 heteroatoms. The van der Waals surface area contributed by atoms with Crippen LogP contribution in [0.5, 0.6) is 0 Å². The molecule has 138 valence electrons. The van der Waals surface area contributed by atoms with E-state index >= 15 is 0 Å². The highest BCUT2D eigenvalue weighted by Gasteiger charge is 2.07. The average Bonchev–Trinajstić information content (AvgIpc) is 2.59. The summed E-state index contributed by atoms with van der Waals surface area (Å²) in [4.78, 5) is 16.5. The quantitative estimate of drug-likeness (QED) is 0.665. The van der Waals surface area contributed by atoms with E-state index in [0.29, 0.717) is 17.1 Å². The van der Waals surface area contributed by atoms with Gasteiger partial charge < -0.3 is 10.6 Å². The Kier molecular flexibility index (Phi) is 5.50. The first kappa shape index (κ1) is 18.6. The van der Waals surface area contributed by atoms with Gasteiger partial charge in [0.15, 0.2) is 0 Å². The predicted octanol–water partition coefficient (Wildman–Crippen LogP) is 5.07. The van der Waals surface area contributed by atoms with E-state index in [2.05, 4.69) is 48.5 Å². The number of carbonyl (C=O) groups is 1. The van der Waals surface area contributed by atoms with Gasteiger partial charge in [0, 0.05) is 5.69 Å². The summed E-state index contributed by atoms with van der Waals surface area (Å²) < 4.78 is 13.2. The van der Waals surface area contributed by atoms with Crippen LogP contribution >= 0.6 is 0 Å². The number of anilines is 3. The van der Waals surface area contributed by atoms with E-state index < -0.39 is 0 Å². The van der Waals surface area contributed by atoms with Crippen LogP contribution < -0.4 is 10.6 Å². The van der Waals surface area contributed by atoms with Crippen molar-refractivity contribution in [3.05, 3.63) is 82.8 Å². The summed E-state index contributed by atoms with van der Waals surface area (Å²) in [6.45, 7) is 6.19. The van der Waals surface area contributed by atoms with Crippen molar-refractivity contribution in [2.24, 2.45) is 0 Å². The van der Waals surface area contributed by atoms with Gasteiger partial charge in [-0.05, 0) is 61.7 Å².